The molecule has 1 aromatic heterocycles. The van der Waals surface area contributed by atoms with Crippen molar-refractivity contribution in [2.75, 3.05) is 0 Å². The van der Waals surface area contributed by atoms with E-state index in [-0.39, 0.29) is 4.75 Å². The summed E-state index contributed by atoms with van der Waals surface area (Å²) < 4.78 is 15.2. The van der Waals surface area contributed by atoms with E-state index in [0.717, 1.165) is 0 Å². The maximum atomic E-state index is 11.6. The highest BCUT2D eigenvalue weighted by Gasteiger charge is 2.18. The topological polar surface area (TPSA) is 42.3 Å². The zero-order chi connectivity index (χ0) is 14.2. The molecule has 2 radical (unpaired) electrons. The van der Waals surface area contributed by atoms with Crippen molar-refractivity contribution in [3.8, 4) is 0 Å². The van der Waals surface area contributed by atoms with Crippen molar-refractivity contribution in [2.24, 2.45) is 4.40 Å². The van der Waals surface area contributed by atoms with Gasteiger partial charge in [0.25, 0.3) is 0 Å². The summed E-state index contributed by atoms with van der Waals surface area (Å²) >= 11 is 0. The minimum absolute atomic E-state index is 0.350. The number of hydrogen-bond acceptors (Lipinski definition) is 2. The fraction of sp³-hybridized carbons (Fsp3) is 0.538. The van der Waals surface area contributed by atoms with Crippen LogP contribution in [0.25, 0.3) is 0 Å². The summed E-state index contributed by atoms with van der Waals surface area (Å²) in [5.41, 5.74) is 1.24. The Balaban J connectivity index is 0.000000873. The summed E-state index contributed by atoms with van der Waals surface area (Å²) in [6.45, 7) is 9.85. The Morgan fingerprint density at radius 1 is 1.44 bits per heavy atom. The zero-order valence-electron chi connectivity index (χ0n) is 11.8. The quantitative estimate of drug-likeness (QED) is 0.607. The molecule has 1 atom stereocenters. The van der Waals surface area contributed by atoms with Crippen molar-refractivity contribution < 1.29 is 4.21 Å². The molecule has 1 aromatic rings. The predicted molar refractivity (Wildman–Crippen MR) is 81.1 cm³/mol. The van der Waals surface area contributed by atoms with Gasteiger partial charge in [-0.25, -0.2) is 4.21 Å². The lowest BCUT2D eigenvalue weighted by atomic mass is 9.97. The molecular formula is C13H21BN2OS. The number of aromatic nitrogens is 1. The first kappa shape index (κ1) is 17.0. The lowest BCUT2D eigenvalue weighted by molar-refractivity contribution is 0.651. The molecule has 0 unspecified atom stereocenters. The third-order valence-corrected chi connectivity index (χ3v) is 2.95. The number of rotatable bonds is 2. The van der Waals surface area contributed by atoms with Crippen LogP contribution >= 0.6 is 0 Å². The van der Waals surface area contributed by atoms with Gasteiger partial charge in [0, 0.05) is 6.20 Å². The maximum Gasteiger partial charge on any atom is 0.144 e. The minimum atomic E-state index is -1.26. The van der Waals surface area contributed by atoms with Gasteiger partial charge >= 0.3 is 0 Å². The first-order chi connectivity index (χ1) is 8.31. The molecule has 98 valence electrons. The number of hydrogen-bond donors (Lipinski definition) is 0. The summed E-state index contributed by atoms with van der Waals surface area (Å²) in [5.74, 6) is 0. The molecule has 0 amide bonds. The highest BCUT2D eigenvalue weighted by Crippen LogP contribution is 2.11. The van der Waals surface area contributed by atoms with Gasteiger partial charge in [-0.3, -0.25) is 4.98 Å². The molecule has 0 N–H and O–H groups in total. The molecule has 3 nitrogen and oxygen atoms in total. The van der Waals surface area contributed by atoms with Crippen LogP contribution in [0.1, 0.15) is 46.7 Å². The Labute approximate surface area is 114 Å². The molecule has 0 saturated heterocycles. The molecule has 18 heavy (non-hydrogen) atoms. The fourth-order valence-electron chi connectivity index (χ4n) is 0.796. The smallest absolute Gasteiger partial charge is 0.144 e. The van der Waals surface area contributed by atoms with Gasteiger partial charge in [-0.1, -0.05) is 31.8 Å². The van der Waals surface area contributed by atoms with Gasteiger partial charge in [-0.2, -0.15) is 4.40 Å². The summed E-state index contributed by atoms with van der Waals surface area (Å²) in [4.78, 5) is 4.03. The number of nitrogens with zero attached hydrogens (tertiary/aromatic N) is 2. The molecule has 0 aliphatic rings. The SMILES string of the molecule is CCC.[B]c1ccnc(/C=N/[S@](=O)C(C)(C)C)c1. The first-order valence-corrected chi connectivity index (χ1v) is 7.09. The van der Waals surface area contributed by atoms with Crippen LogP contribution in [0.3, 0.4) is 0 Å². The second-order valence-corrected chi connectivity index (χ2v) is 6.75. The van der Waals surface area contributed by atoms with Gasteiger partial charge in [-0.05, 0) is 26.8 Å². The van der Waals surface area contributed by atoms with Crippen LogP contribution in [0.2, 0.25) is 0 Å². The normalized spacial score (nSPS) is 12.9. The van der Waals surface area contributed by atoms with E-state index in [1.54, 1.807) is 18.3 Å². The molecule has 1 heterocycles. The van der Waals surface area contributed by atoms with E-state index in [1.807, 2.05) is 20.8 Å². The molecule has 0 bridgehead atoms. The van der Waals surface area contributed by atoms with Crippen LogP contribution in [-0.4, -0.2) is 28.0 Å². The third kappa shape index (κ3) is 7.38. The van der Waals surface area contributed by atoms with Crippen LogP contribution < -0.4 is 5.46 Å². The predicted octanol–water partition coefficient (Wildman–Crippen LogP) is 2.17. The van der Waals surface area contributed by atoms with Gasteiger partial charge in [0.05, 0.1) is 16.7 Å². The lowest BCUT2D eigenvalue weighted by Gasteiger charge is -2.12. The average molecular weight is 264 g/mol. The Morgan fingerprint density at radius 3 is 2.44 bits per heavy atom. The van der Waals surface area contributed by atoms with Crippen molar-refractivity contribution in [1.29, 1.82) is 0 Å². The molecule has 0 fully saturated rings. The first-order valence-electron chi connectivity index (χ1n) is 5.98. The monoisotopic (exact) mass is 264 g/mol. The van der Waals surface area contributed by atoms with Crippen LogP contribution in [-0.2, 0) is 11.0 Å². The highest BCUT2D eigenvalue weighted by atomic mass is 32.2. The fourth-order valence-corrected chi connectivity index (χ4v) is 1.32. The summed E-state index contributed by atoms with van der Waals surface area (Å²) in [5, 5.41) is 0. The van der Waals surface area contributed by atoms with Crippen molar-refractivity contribution in [2.45, 2.75) is 45.8 Å². The second-order valence-electron chi connectivity index (χ2n) is 4.82. The second kappa shape index (κ2) is 8.19. The third-order valence-electron chi connectivity index (χ3n) is 1.61. The molecule has 0 spiro atoms. The molecule has 0 saturated carbocycles. The Bertz CT molecular complexity index is 414. The lowest BCUT2D eigenvalue weighted by Crippen LogP contribution is -2.19. The van der Waals surface area contributed by atoms with Gasteiger partial charge in [-0.15, -0.1) is 0 Å². The van der Waals surface area contributed by atoms with Crippen LogP contribution in [0.4, 0.5) is 0 Å². The number of pyridine rings is 1. The molecule has 5 heteroatoms. The van der Waals surface area contributed by atoms with E-state index in [1.165, 1.54) is 12.6 Å². The Hall–Kier alpha value is -0.965. The van der Waals surface area contributed by atoms with Gasteiger partial charge in [0.1, 0.15) is 18.8 Å². The van der Waals surface area contributed by atoms with Gasteiger partial charge < -0.3 is 0 Å². The van der Waals surface area contributed by atoms with Crippen LogP contribution in [0.15, 0.2) is 22.7 Å². The van der Waals surface area contributed by atoms with Crippen LogP contribution in [0, 0.1) is 0 Å². The largest absolute Gasteiger partial charge is 0.255 e. The molecule has 1 rings (SSSR count). The summed E-state index contributed by atoms with van der Waals surface area (Å²) in [7, 11) is 4.32. The average Bonchev–Trinajstić information content (AvgIpc) is 2.25. The maximum absolute atomic E-state index is 11.6. The van der Waals surface area contributed by atoms with Crippen LogP contribution in [0.5, 0.6) is 0 Å². The highest BCUT2D eigenvalue weighted by molar-refractivity contribution is 7.85. The van der Waals surface area contributed by atoms with E-state index >= 15 is 0 Å². The Kier molecular flexibility index (Phi) is 7.75. The van der Waals surface area contributed by atoms with E-state index < -0.39 is 11.0 Å². The van der Waals surface area contributed by atoms with Crippen molar-refractivity contribution in [3.05, 3.63) is 24.0 Å². The summed E-state index contributed by atoms with van der Waals surface area (Å²) in [6.07, 6.45) is 4.33. The minimum Gasteiger partial charge on any atom is -0.255 e. The Morgan fingerprint density at radius 2 is 2.00 bits per heavy atom. The summed E-state index contributed by atoms with van der Waals surface area (Å²) in [6, 6.07) is 3.38. The van der Waals surface area contributed by atoms with E-state index in [4.69, 9.17) is 7.85 Å². The van der Waals surface area contributed by atoms with Crippen molar-refractivity contribution >= 4 is 30.5 Å². The van der Waals surface area contributed by atoms with E-state index in [2.05, 4.69) is 23.2 Å². The van der Waals surface area contributed by atoms with Gasteiger partial charge in [0.2, 0.25) is 0 Å². The van der Waals surface area contributed by atoms with Crippen molar-refractivity contribution in [1.82, 2.24) is 4.98 Å². The van der Waals surface area contributed by atoms with Gasteiger partial charge in [0.15, 0.2) is 0 Å². The molecule has 0 aromatic carbocycles. The van der Waals surface area contributed by atoms with Crippen molar-refractivity contribution in [3.63, 3.8) is 0 Å². The molecular weight excluding hydrogens is 243 g/mol. The zero-order valence-corrected chi connectivity index (χ0v) is 12.6. The standard InChI is InChI=1S/C10H13BN2OS.C3H8/c1-10(2,3)15(14)13-7-9-6-8(11)4-5-12-9;1-3-2/h4-7H,1-3H3;3H2,1-2H3/b13-7+;/t15-;/m1./s1. The molecule has 0 aliphatic carbocycles. The van der Waals surface area contributed by atoms with E-state index in [9.17, 15) is 4.21 Å². The van der Waals surface area contributed by atoms with E-state index in [0.29, 0.717) is 11.2 Å². The molecule has 0 aliphatic heterocycles.